The van der Waals surface area contributed by atoms with E-state index >= 15 is 0 Å². The van der Waals surface area contributed by atoms with Gasteiger partial charge in [0.05, 0.1) is 18.1 Å². The SMILES string of the molecule is COCC1(C2CCS(=O)(=O)CC2)CCCCN1. The number of nitrogens with one attached hydrogen (secondary N) is 1. The maximum atomic E-state index is 11.5. The molecule has 1 N–H and O–H groups in total. The zero-order valence-corrected chi connectivity index (χ0v) is 11.4. The lowest BCUT2D eigenvalue weighted by Crippen LogP contribution is -2.58. The molecule has 0 aliphatic carbocycles. The summed E-state index contributed by atoms with van der Waals surface area (Å²) in [7, 11) is -1.03. The van der Waals surface area contributed by atoms with E-state index in [2.05, 4.69) is 5.32 Å². The molecular formula is C12H23NO3S. The van der Waals surface area contributed by atoms with Gasteiger partial charge in [0.25, 0.3) is 0 Å². The zero-order valence-electron chi connectivity index (χ0n) is 10.6. The highest BCUT2D eigenvalue weighted by Crippen LogP contribution is 2.35. The minimum absolute atomic E-state index is 0.0307. The minimum atomic E-state index is -2.76. The van der Waals surface area contributed by atoms with Crippen LogP contribution in [0, 0.1) is 5.92 Å². The predicted molar refractivity (Wildman–Crippen MR) is 67.8 cm³/mol. The first-order valence-electron chi connectivity index (χ1n) is 6.52. The first-order valence-corrected chi connectivity index (χ1v) is 8.34. The smallest absolute Gasteiger partial charge is 0.150 e. The van der Waals surface area contributed by atoms with Crippen LogP contribution in [-0.4, -0.2) is 45.7 Å². The van der Waals surface area contributed by atoms with Crippen molar-refractivity contribution < 1.29 is 13.2 Å². The number of piperidine rings is 1. The van der Waals surface area contributed by atoms with Crippen LogP contribution in [0.2, 0.25) is 0 Å². The predicted octanol–water partition coefficient (Wildman–Crippen LogP) is 0.970. The molecule has 4 nitrogen and oxygen atoms in total. The molecule has 0 aromatic heterocycles. The van der Waals surface area contributed by atoms with E-state index in [1.165, 1.54) is 12.8 Å². The second kappa shape index (κ2) is 5.24. The van der Waals surface area contributed by atoms with Crippen LogP contribution in [0.4, 0.5) is 0 Å². The number of hydrogen-bond donors (Lipinski definition) is 1. The Balaban J connectivity index is 2.06. The fourth-order valence-corrected chi connectivity index (χ4v) is 4.77. The van der Waals surface area contributed by atoms with Gasteiger partial charge >= 0.3 is 0 Å². The van der Waals surface area contributed by atoms with E-state index in [9.17, 15) is 8.42 Å². The lowest BCUT2D eigenvalue weighted by atomic mass is 9.75. The Morgan fingerprint density at radius 3 is 2.53 bits per heavy atom. The van der Waals surface area contributed by atoms with E-state index in [0.29, 0.717) is 24.0 Å². The molecule has 0 amide bonds. The van der Waals surface area contributed by atoms with Crippen LogP contribution in [-0.2, 0) is 14.6 Å². The van der Waals surface area contributed by atoms with E-state index < -0.39 is 9.84 Å². The minimum Gasteiger partial charge on any atom is -0.383 e. The van der Waals surface area contributed by atoms with Gasteiger partial charge in [0, 0.05) is 12.6 Å². The van der Waals surface area contributed by atoms with Crippen LogP contribution >= 0.6 is 0 Å². The summed E-state index contributed by atoms with van der Waals surface area (Å²) in [6, 6.07) is 0. The molecule has 100 valence electrons. The number of hydrogen-bond acceptors (Lipinski definition) is 4. The van der Waals surface area contributed by atoms with Gasteiger partial charge in [-0.1, -0.05) is 6.42 Å². The number of sulfone groups is 1. The van der Waals surface area contributed by atoms with Crippen LogP contribution in [0.15, 0.2) is 0 Å². The van der Waals surface area contributed by atoms with Crippen LogP contribution in [0.1, 0.15) is 32.1 Å². The summed E-state index contributed by atoms with van der Waals surface area (Å²) in [6.45, 7) is 1.74. The number of methoxy groups -OCH3 is 1. The molecule has 5 heteroatoms. The Morgan fingerprint density at radius 2 is 2.00 bits per heavy atom. The molecule has 0 aromatic carbocycles. The third-order valence-electron chi connectivity index (χ3n) is 4.26. The van der Waals surface area contributed by atoms with Crippen LogP contribution in [0.5, 0.6) is 0 Å². The van der Waals surface area contributed by atoms with E-state index in [-0.39, 0.29) is 5.54 Å². The molecule has 0 spiro atoms. The van der Waals surface area contributed by atoms with Gasteiger partial charge in [-0.25, -0.2) is 8.42 Å². The highest BCUT2D eigenvalue weighted by molar-refractivity contribution is 7.91. The monoisotopic (exact) mass is 261 g/mol. The summed E-state index contributed by atoms with van der Waals surface area (Å²) in [4.78, 5) is 0. The van der Waals surface area contributed by atoms with Gasteiger partial charge in [0.1, 0.15) is 9.84 Å². The maximum Gasteiger partial charge on any atom is 0.150 e. The van der Waals surface area contributed by atoms with E-state index in [0.717, 1.165) is 25.8 Å². The average Bonchev–Trinajstić information content (AvgIpc) is 2.30. The van der Waals surface area contributed by atoms with Crippen molar-refractivity contribution in [2.75, 3.05) is 31.8 Å². The standard InChI is InChI=1S/C12H23NO3S/c1-16-10-12(6-2-3-7-13-12)11-4-8-17(14,15)9-5-11/h11,13H,2-10H2,1H3. The normalized spacial score (nSPS) is 34.6. The fourth-order valence-electron chi connectivity index (χ4n) is 3.28. The summed E-state index contributed by atoms with van der Waals surface area (Å²) >= 11 is 0. The maximum absolute atomic E-state index is 11.5. The third-order valence-corrected chi connectivity index (χ3v) is 5.98. The summed E-state index contributed by atoms with van der Waals surface area (Å²) in [5, 5.41) is 3.61. The fraction of sp³-hybridized carbons (Fsp3) is 1.00. The van der Waals surface area contributed by atoms with Crippen molar-refractivity contribution in [1.29, 1.82) is 0 Å². The molecule has 2 aliphatic heterocycles. The molecule has 1 unspecified atom stereocenters. The average molecular weight is 261 g/mol. The molecule has 0 aromatic rings. The molecule has 0 bridgehead atoms. The van der Waals surface area contributed by atoms with Crippen molar-refractivity contribution in [2.24, 2.45) is 5.92 Å². The molecule has 2 fully saturated rings. The highest BCUT2D eigenvalue weighted by atomic mass is 32.2. The van der Waals surface area contributed by atoms with Crippen LogP contribution in [0.3, 0.4) is 0 Å². The van der Waals surface area contributed by atoms with Crippen molar-refractivity contribution in [1.82, 2.24) is 5.32 Å². The van der Waals surface area contributed by atoms with Gasteiger partial charge in [-0.15, -0.1) is 0 Å². The van der Waals surface area contributed by atoms with Crippen LogP contribution < -0.4 is 5.32 Å². The number of rotatable bonds is 3. The van der Waals surface area contributed by atoms with Crippen molar-refractivity contribution in [3.63, 3.8) is 0 Å². The van der Waals surface area contributed by atoms with E-state index in [1.807, 2.05) is 0 Å². The van der Waals surface area contributed by atoms with Crippen molar-refractivity contribution in [3.05, 3.63) is 0 Å². The summed E-state index contributed by atoms with van der Waals surface area (Å²) in [5.41, 5.74) is 0.0307. The van der Waals surface area contributed by atoms with Gasteiger partial charge in [0.2, 0.25) is 0 Å². The molecule has 2 heterocycles. The molecule has 2 rings (SSSR count). The molecule has 2 aliphatic rings. The van der Waals surface area contributed by atoms with Gasteiger partial charge in [-0.3, -0.25) is 0 Å². The van der Waals surface area contributed by atoms with Gasteiger partial charge < -0.3 is 10.1 Å². The van der Waals surface area contributed by atoms with E-state index in [1.54, 1.807) is 7.11 Å². The van der Waals surface area contributed by atoms with Gasteiger partial charge in [-0.05, 0) is 38.1 Å². The Bertz CT molecular complexity index is 327. The van der Waals surface area contributed by atoms with Crippen molar-refractivity contribution in [2.45, 2.75) is 37.6 Å². The lowest BCUT2D eigenvalue weighted by Gasteiger charge is -2.45. The quantitative estimate of drug-likeness (QED) is 0.822. The summed E-state index contributed by atoms with van der Waals surface area (Å²) in [6.07, 6.45) is 5.14. The van der Waals surface area contributed by atoms with Crippen LogP contribution in [0.25, 0.3) is 0 Å². The third kappa shape index (κ3) is 3.01. The first kappa shape index (κ1) is 13.3. The number of ether oxygens (including phenoxy) is 1. The molecule has 1 atom stereocenters. The van der Waals surface area contributed by atoms with Crippen molar-refractivity contribution in [3.8, 4) is 0 Å². The second-order valence-corrected chi connectivity index (χ2v) is 7.70. The van der Waals surface area contributed by atoms with Crippen molar-refractivity contribution >= 4 is 9.84 Å². The first-order chi connectivity index (χ1) is 8.08. The molecule has 2 saturated heterocycles. The molecule has 0 radical (unpaired) electrons. The Kier molecular flexibility index (Phi) is 4.10. The Hall–Kier alpha value is -0.130. The highest BCUT2D eigenvalue weighted by Gasteiger charge is 2.42. The lowest BCUT2D eigenvalue weighted by molar-refractivity contribution is 0.0437. The summed E-state index contributed by atoms with van der Waals surface area (Å²) < 4.78 is 28.4. The molecule has 0 saturated carbocycles. The second-order valence-electron chi connectivity index (χ2n) is 5.40. The topological polar surface area (TPSA) is 55.4 Å². The molecular weight excluding hydrogens is 238 g/mol. The van der Waals surface area contributed by atoms with Gasteiger partial charge in [-0.2, -0.15) is 0 Å². The largest absolute Gasteiger partial charge is 0.383 e. The zero-order chi connectivity index (χ0) is 12.4. The van der Waals surface area contributed by atoms with Gasteiger partial charge in [0.15, 0.2) is 0 Å². The Morgan fingerprint density at radius 1 is 1.29 bits per heavy atom. The summed E-state index contributed by atoms with van der Waals surface area (Å²) in [5.74, 6) is 1.15. The molecule has 17 heavy (non-hydrogen) atoms. The Labute approximate surface area is 104 Å². The van der Waals surface area contributed by atoms with E-state index in [4.69, 9.17) is 4.74 Å².